The van der Waals surface area contributed by atoms with Crippen molar-refractivity contribution >= 4 is 17.8 Å². The van der Waals surface area contributed by atoms with Gasteiger partial charge in [-0.15, -0.1) is 6.58 Å². The Balaban J connectivity index is 2.01. The highest BCUT2D eigenvalue weighted by atomic mass is 16.2. The summed E-state index contributed by atoms with van der Waals surface area (Å²) in [6.45, 7) is 10.2. The first kappa shape index (κ1) is 17.5. The van der Waals surface area contributed by atoms with Crippen molar-refractivity contribution in [2.24, 2.45) is 11.3 Å². The first-order chi connectivity index (χ1) is 10.7. The first-order valence-electron chi connectivity index (χ1n) is 8.21. The summed E-state index contributed by atoms with van der Waals surface area (Å²) < 4.78 is 0. The number of carbonyl (C=O) groups is 3. The lowest BCUT2D eigenvalue weighted by Crippen LogP contribution is -2.51. The van der Waals surface area contributed by atoms with E-state index in [1.807, 2.05) is 0 Å². The molecule has 0 unspecified atom stereocenters. The van der Waals surface area contributed by atoms with E-state index in [1.54, 1.807) is 6.08 Å². The van der Waals surface area contributed by atoms with Gasteiger partial charge in [-0.05, 0) is 37.0 Å². The van der Waals surface area contributed by atoms with E-state index in [0.29, 0.717) is 25.3 Å². The van der Waals surface area contributed by atoms with Crippen LogP contribution in [0.4, 0.5) is 4.79 Å². The average Bonchev–Trinajstić information content (AvgIpc) is 2.69. The SMILES string of the molecule is C=CCNC(=O)CN1C(=O)NC2(CCC(C(C)(C)C)CC2)C1=O. The van der Waals surface area contributed by atoms with Crippen molar-refractivity contribution in [1.82, 2.24) is 15.5 Å². The molecule has 1 saturated carbocycles. The van der Waals surface area contributed by atoms with Crippen LogP contribution in [-0.2, 0) is 9.59 Å². The number of imide groups is 1. The van der Waals surface area contributed by atoms with E-state index in [4.69, 9.17) is 0 Å². The van der Waals surface area contributed by atoms with E-state index in [2.05, 4.69) is 38.0 Å². The van der Waals surface area contributed by atoms with E-state index < -0.39 is 11.6 Å². The summed E-state index contributed by atoms with van der Waals surface area (Å²) >= 11 is 0. The maximum Gasteiger partial charge on any atom is 0.325 e. The van der Waals surface area contributed by atoms with Crippen molar-refractivity contribution in [2.45, 2.75) is 52.0 Å². The third-order valence-electron chi connectivity index (χ3n) is 5.06. The topological polar surface area (TPSA) is 78.5 Å². The molecule has 0 bridgehead atoms. The zero-order chi connectivity index (χ0) is 17.3. The normalized spacial score (nSPS) is 28.0. The molecular weight excluding hydrogens is 294 g/mol. The Morgan fingerprint density at radius 1 is 1.39 bits per heavy atom. The number of urea groups is 1. The van der Waals surface area contributed by atoms with Gasteiger partial charge in [0, 0.05) is 6.54 Å². The van der Waals surface area contributed by atoms with E-state index in [-0.39, 0.29) is 23.8 Å². The van der Waals surface area contributed by atoms with Gasteiger partial charge >= 0.3 is 6.03 Å². The predicted molar refractivity (Wildman–Crippen MR) is 87.6 cm³/mol. The number of hydrogen-bond acceptors (Lipinski definition) is 3. The molecule has 2 N–H and O–H groups in total. The molecule has 1 aliphatic carbocycles. The lowest BCUT2D eigenvalue weighted by atomic mass is 9.67. The summed E-state index contributed by atoms with van der Waals surface area (Å²) in [5, 5.41) is 5.43. The molecule has 0 aromatic rings. The Morgan fingerprint density at radius 2 is 2.00 bits per heavy atom. The quantitative estimate of drug-likeness (QED) is 0.612. The van der Waals surface area contributed by atoms with Crippen molar-refractivity contribution in [3.05, 3.63) is 12.7 Å². The first-order valence-corrected chi connectivity index (χ1v) is 8.21. The molecular formula is C17H27N3O3. The summed E-state index contributed by atoms with van der Waals surface area (Å²) in [7, 11) is 0. The number of nitrogens with zero attached hydrogens (tertiary/aromatic N) is 1. The molecule has 0 aromatic heterocycles. The van der Waals surface area contributed by atoms with Crippen molar-refractivity contribution in [3.63, 3.8) is 0 Å². The molecule has 0 atom stereocenters. The highest BCUT2D eigenvalue weighted by molar-refractivity contribution is 6.09. The molecule has 0 radical (unpaired) electrons. The second-order valence-electron chi connectivity index (χ2n) is 7.64. The van der Waals surface area contributed by atoms with Crippen LogP contribution in [0.2, 0.25) is 0 Å². The maximum absolute atomic E-state index is 12.7. The minimum atomic E-state index is -0.808. The van der Waals surface area contributed by atoms with Gasteiger partial charge in [-0.1, -0.05) is 26.8 Å². The van der Waals surface area contributed by atoms with Crippen LogP contribution in [0, 0.1) is 11.3 Å². The molecule has 6 nitrogen and oxygen atoms in total. The zero-order valence-corrected chi connectivity index (χ0v) is 14.3. The van der Waals surface area contributed by atoms with Gasteiger partial charge in [-0.25, -0.2) is 4.79 Å². The van der Waals surface area contributed by atoms with Crippen LogP contribution in [0.5, 0.6) is 0 Å². The second-order valence-corrected chi connectivity index (χ2v) is 7.64. The second kappa shape index (κ2) is 6.34. The van der Waals surface area contributed by atoms with Gasteiger partial charge in [0.05, 0.1) is 0 Å². The minimum absolute atomic E-state index is 0.206. The monoisotopic (exact) mass is 321 g/mol. The molecule has 1 saturated heterocycles. The van der Waals surface area contributed by atoms with E-state index in [1.165, 1.54) is 0 Å². The molecule has 23 heavy (non-hydrogen) atoms. The van der Waals surface area contributed by atoms with Crippen molar-refractivity contribution in [3.8, 4) is 0 Å². The molecule has 128 valence electrons. The van der Waals surface area contributed by atoms with Gasteiger partial charge in [-0.2, -0.15) is 0 Å². The van der Waals surface area contributed by atoms with Gasteiger partial charge in [-0.3, -0.25) is 14.5 Å². The molecule has 1 aliphatic heterocycles. The molecule has 1 heterocycles. The largest absolute Gasteiger partial charge is 0.351 e. The van der Waals surface area contributed by atoms with Crippen LogP contribution in [0.15, 0.2) is 12.7 Å². The number of amides is 4. The maximum atomic E-state index is 12.7. The van der Waals surface area contributed by atoms with Crippen LogP contribution in [0.1, 0.15) is 46.5 Å². The Kier molecular flexibility index (Phi) is 4.82. The fourth-order valence-electron chi connectivity index (χ4n) is 3.52. The number of hydrogen-bond donors (Lipinski definition) is 2. The minimum Gasteiger partial charge on any atom is -0.351 e. The third-order valence-corrected chi connectivity index (χ3v) is 5.06. The van der Waals surface area contributed by atoms with E-state index in [9.17, 15) is 14.4 Å². The Bertz CT molecular complexity index is 514. The van der Waals surface area contributed by atoms with Gasteiger partial charge in [0.2, 0.25) is 5.91 Å². The summed E-state index contributed by atoms with van der Waals surface area (Å²) in [6, 6.07) is -0.460. The third kappa shape index (κ3) is 3.57. The smallest absolute Gasteiger partial charge is 0.325 e. The average molecular weight is 321 g/mol. The van der Waals surface area contributed by atoms with Crippen molar-refractivity contribution in [2.75, 3.05) is 13.1 Å². The lowest BCUT2D eigenvalue weighted by molar-refractivity contribution is -0.136. The molecule has 2 fully saturated rings. The van der Waals surface area contributed by atoms with Crippen molar-refractivity contribution < 1.29 is 14.4 Å². The van der Waals surface area contributed by atoms with Crippen LogP contribution < -0.4 is 10.6 Å². The molecule has 6 heteroatoms. The molecule has 2 rings (SSSR count). The summed E-state index contributed by atoms with van der Waals surface area (Å²) in [6.07, 6.45) is 4.66. The van der Waals surface area contributed by atoms with Crippen LogP contribution in [0.25, 0.3) is 0 Å². The van der Waals surface area contributed by atoms with E-state index >= 15 is 0 Å². The van der Waals surface area contributed by atoms with E-state index in [0.717, 1.165) is 17.7 Å². The fraction of sp³-hybridized carbons (Fsp3) is 0.706. The summed E-state index contributed by atoms with van der Waals surface area (Å²) in [5.74, 6) is -0.0693. The van der Waals surface area contributed by atoms with Crippen LogP contribution in [0.3, 0.4) is 0 Å². The molecule has 1 spiro atoms. The predicted octanol–water partition coefficient (Wildman–Crippen LogP) is 1.82. The van der Waals surface area contributed by atoms with Crippen LogP contribution in [-0.4, -0.2) is 41.4 Å². The molecule has 0 aromatic carbocycles. The lowest BCUT2D eigenvalue weighted by Gasteiger charge is -2.40. The zero-order valence-electron chi connectivity index (χ0n) is 14.3. The Morgan fingerprint density at radius 3 is 2.52 bits per heavy atom. The van der Waals surface area contributed by atoms with Gasteiger partial charge in [0.1, 0.15) is 12.1 Å². The van der Waals surface area contributed by atoms with Gasteiger partial charge in [0.15, 0.2) is 0 Å². The number of carbonyl (C=O) groups excluding carboxylic acids is 3. The highest BCUT2D eigenvalue weighted by Crippen LogP contribution is 2.43. The number of rotatable bonds is 4. The summed E-state index contributed by atoms with van der Waals surface area (Å²) in [5.41, 5.74) is -0.602. The summed E-state index contributed by atoms with van der Waals surface area (Å²) in [4.78, 5) is 37.6. The van der Waals surface area contributed by atoms with Gasteiger partial charge in [0.25, 0.3) is 5.91 Å². The van der Waals surface area contributed by atoms with Gasteiger partial charge < -0.3 is 10.6 Å². The molecule has 2 aliphatic rings. The Hall–Kier alpha value is -1.85. The van der Waals surface area contributed by atoms with Crippen molar-refractivity contribution in [1.29, 1.82) is 0 Å². The highest BCUT2D eigenvalue weighted by Gasteiger charge is 2.53. The fourth-order valence-corrected chi connectivity index (χ4v) is 3.52. The number of nitrogens with one attached hydrogen (secondary N) is 2. The molecule has 4 amide bonds. The Labute approximate surface area is 137 Å². The van der Waals surface area contributed by atoms with Crippen LogP contribution >= 0.6 is 0 Å². The standard InChI is InChI=1S/C17H27N3O3/c1-5-10-18-13(21)11-20-14(22)17(19-15(20)23)8-6-12(7-9-17)16(2,3)4/h5,12H,1,6-11H2,2-4H3,(H,18,21)(H,19,23).